The summed E-state index contributed by atoms with van der Waals surface area (Å²) in [7, 11) is -2.31. The predicted molar refractivity (Wildman–Crippen MR) is 89.6 cm³/mol. The first kappa shape index (κ1) is 16.9. The monoisotopic (exact) mass is 385 g/mol. The maximum atomic E-state index is 12.3. The van der Waals surface area contributed by atoms with Crippen molar-refractivity contribution in [2.75, 3.05) is 7.11 Å². The van der Waals surface area contributed by atoms with Gasteiger partial charge in [-0.2, -0.15) is 4.98 Å². The average Bonchev–Trinajstić information content (AvgIpc) is 3.24. The topological polar surface area (TPSA) is 94.3 Å². The van der Waals surface area contributed by atoms with Gasteiger partial charge in [0.15, 0.2) is 0 Å². The number of hydrogen-bond acceptors (Lipinski definition) is 7. The van der Waals surface area contributed by atoms with E-state index in [1.54, 1.807) is 0 Å². The fourth-order valence-corrected chi connectivity index (χ4v) is 3.86. The van der Waals surface area contributed by atoms with Crippen LogP contribution < -0.4 is 9.46 Å². The van der Waals surface area contributed by atoms with Crippen molar-refractivity contribution in [2.45, 2.75) is 11.4 Å². The zero-order chi connectivity index (χ0) is 17.2. The van der Waals surface area contributed by atoms with Crippen LogP contribution in [-0.2, 0) is 16.6 Å². The number of benzene rings is 1. The highest BCUT2D eigenvalue weighted by Gasteiger charge is 2.18. The molecule has 10 heteroatoms. The number of nitrogens with one attached hydrogen (secondary N) is 1. The second-order valence-electron chi connectivity index (χ2n) is 4.61. The van der Waals surface area contributed by atoms with E-state index in [1.165, 1.54) is 36.6 Å². The van der Waals surface area contributed by atoms with Crippen LogP contribution in [-0.4, -0.2) is 25.7 Å². The Bertz CT molecular complexity index is 939. The number of rotatable bonds is 6. The van der Waals surface area contributed by atoms with E-state index >= 15 is 0 Å². The summed E-state index contributed by atoms with van der Waals surface area (Å²) < 4.78 is 37.0. The molecule has 0 aliphatic heterocycles. The van der Waals surface area contributed by atoms with Gasteiger partial charge < -0.3 is 9.26 Å². The number of sulfonamides is 1. The van der Waals surface area contributed by atoms with E-state index in [2.05, 4.69) is 14.9 Å². The van der Waals surface area contributed by atoms with Gasteiger partial charge in [0.05, 0.1) is 28.4 Å². The first-order valence-electron chi connectivity index (χ1n) is 6.69. The van der Waals surface area contributed by atoms with E-state index in [0.717, 1.165) is 4.88 Å². The van der Waals surface area contributed by atoms with Crippen LogP contribution in [0.3, 0.4) is 0 Å². The van der Waals surface area contributed by atoms with Gasteiger partial charge in [0.1, 0.15) is 5.75 Å². The fraction of sp³-hybridized carbons (Fsp3) is 0.143. The first-order valence-corrected chi connectivity index (χ1v) is 9.43. The second kappa shape index (κ2) is 6.89. The summed E-state index contributed by atoms with van der Waals surface area (Å²) in [5.41, 5.74) is 0. The lowest BCUT2D eigenvalue weighted by Crippen LogP contribution is -2.23. The van der Waals surface area contributed by atoms with Gasteiger partial charge in [0.25, 0.3) is 0 Å². The Balaban J connectivity index is 1.72. The quantitative estimate of drug-likeness (QED) is 0.701. The molecule has 0 spiro atoms. The molecule has 3 rings (SSSR count). The van der Waals surface area contributed by atoms with Gasteiger partial charge in [-0.3, -0.25) is 0 Å². The lowest BCUT2D eigenvalue weighted by atomic mass is 10.3. The van der Waals surface area contributed by atoms with Gasteiger partial charge in [-0.05, 0) is 29.6 Å². The maximum absolute atomic E-state index is 12.3. The van der Waals surface area contributed by atoms with Gasteiger partial charge in [0, 0.05) is 0 Å². The van der Waals surface area contributed by atoms with Crippen LogP contribution in [0.2, 0.25) is 5.02 Å². The third-order valence-electron chi connectivity index (χ3n) is 3.06. The van der Waals surface area contributed by atoms with Crippen LogP contribution in [0.5, 0.6) is 5.75 Å². The summed E-state index contributed by atoms with van der Waals surface area (Å²) in [6, 6.07) is 7.92. The number of thiophene rings is 1. The Morgan fingerprint density at radius 3 is 2.88 bits per heavy atom. The summed E-state index contributed by atoms with van der Waals surface area (Å²) in [6.07, 6.45) is 0. The van der Waals surface area contributed by atoms with Crippen molar-refractivity contribution < 1.29 is 17.7 Å². The molecule has 0 amide bonds. The van der Waals surface area contributed by atoms with E-state index in [1.807, 2.05) is 17.5 Å². The molecule has 0 saturated carbocycles. The molecule has 0 aliphatic rings. The smallest absolute Gasteiger partial charge is 0.242 e. The molecule has 0 atom stereocenters. The molecule has 0 saturated heterocycles. The van der Waals surface area contributed by atoms with E-state index in [0.29, 0.717) is 11.6 Å². The standard InChI is InChI=1S/C14H12ClN3O4S2/c1-21-11-5-4-9(7-10(11)15)24(19,20)16-8-13-17-14(18-22-13)12-3-2-6-23-12/h2-7,16H,8H2,1H3. The Hall–Kier alpha value is -1.94. The first-order chi connectivity index (χ1) is 11.5. The largest absolute Gasteiger partial charge is 0.495 e. The molecule has 1 aromatic carbocycles. The molecule has 3 aromatic rings. The third kappa shape index (κ3) is 3.59. The third-order valence-corrected chi connectivity index (χ3v) is 5.62. The minimum atomic E-state index is -3.77. The van der Waals surface area contributed by atoms with Crippen molar-refractivity contribution in [3.8, 4) is 16.5 Å². The average molecular weight is 386 g/mol. The molecule has 0 aliphatic carbocycles. The van der Waals surface area contributed by atoms with Crippen molar-refractivity contribution in [3.05, 3.63) is 46.6 Å². The zero-order valence-electron chi connectivity index (χ0n) is 12.4. The summed E-state index contributed by atoms with van der Waals surface area (Å²) in [4.78, 5) is 5.02. The van der Waals surface area contributed by atoms with Gasteiger partial charge >= 0.3 is 0 Å². The number of methoxy groups -OCH3 is 1. The van der Waals surface area contributed by atoms with E-state index in [9.17, 15) is 8.42 Å². The summed E-state index contributed by atoms with van der Waals surface area (Å²) in [6.45, 7) is -0.121. The molecular formula is C14H12ClN3O4S2. The Labute approximate surface area is 147 Å². The number of halogens is 1. The summed E-state index contributed by atoms with van der Waals surface area (Å²) in [5.74, 6) is 0.987. The summed E-state index contributed by atoms with van der Waals surface area (Å²) in [5, 5.41) is 5.92. The van der Waals surface area contributed by atoms with Crippen molar-refractivity contribution >= 4 is 33.0 Å². The number of aromatic nitrogens is 2. The molecule has 24 heavy (non-hydrogen) atoms. The maximum Gasteiger partial charge on any atom is 0.242 e. The Kier molecular flexibility index (Phi) is 4.86. The SMILES string of the molecule is COc1ccc(S(=O)(=O)NCc2nc(-c3cccs3)no2)cc1Cl. The molecule has 0 radical (unpaired) electrons. The van der Waals surface area contributed by atoms with Crippen molar-refractivity contribution in [1.29, 1.82) is 0 Å². The van der Waals surface area contributed by atoms with Gasteiger partial charge in [-0.1, -0.05) is 22.8 Å². The lowest BCUT2D eigenvalue weighted by Gasteiger charge is -2.07. The molecule has 7 nitrogen and oxygen atoms in total. The molecule has 2 aromatic heterocycles. The van der Waals surface area contributed by atoms with Gasteiger partial charge in [0.2, 0.25) is 21.7 Å². The van der Waals surface area contributed by atoms with Crippen LogP contribution in [0.4, 0.5) is 0 Å². The van der Waals surface area contributed by atoms with Crippen LogP contribution in [0, 0.1) is 0 Å². The molecule has 0 unspecified atom stereocenters. The number of hydrogen-bond donors (Lipinski definition) is 1. The molecule has 126 valence electrons. The lowest BCUT2D eigenvalue weighted by molar-refractivity contribution is 0.376. The Morgan fingerprint density at radius 1 is 1.38 bits per heavy atom. The number of ether oxygens (including phenoxy) is 1. The van der Waals surface area contributed by atoms with Gasteiger partial charge in [-0.15, -0.1) is 11.3 Å². The second-order valence-corrected chi connectivity index (χ2v) is 7.73. The molecule has 0 fully saturated rings. The van der Waals surface area contributed by atoms with E-state index in [4.69, 9.17) is 20.9 Å². The highest BCUT2D eigenvalue weighted by Crippen LogP contribution is 2.27. The van der Waals surface area contributed by atoms with Crippen LogP contribution in [0.25, 0.3) is 10.7 Å². The minimum Gasteiger partial charge on any atom is -0.495 e. The van der Waals surface area contributed by atoms with E-state index in [-0.39, 0.29) is 22.4 Å². The van der Waals surface area contributed by atoms with E-state index < -0.39 is 10.0 Å². The highest BCUT2D eigenvalue weighted by atomic mass is 35.5. The normalized spacial score (nSPS) is 11.6. The Morgan fingerprint density at radius 2 is 2.21 bits per heavy atom. The van der Waals surface area contributed by atoms with Crippen molar-refractivity contribution in [2.24, 2.45) is 0 Å². The highest BCUT2D eigenvalue weighted by molar-refractivity contribution is 7.89. The van der Waals surface area contributed by atoms with Crippen molar-refractivity contribution in [1.82, 2.24) is 14.9 Å². The van der Waals surface area contributed by atoms with Crippen molar-refractivity contribution in [3.63, 3.8) is 0 Å². The van der Waals surface area contributed by atoms with Crippen LogP contribution >= 0.6 is 22.9 Å². The minimum absolute atomic E-state index is 0.0197. The number of nitrogens with zero attached hydrogens (tertiary/aromatic N) is 2. The fourth-order valence-electron chi connectivity index (χ4n) is 1.89. The van der Waals surface area contributed by atoms with Crippen LogP contribution in [0.1, 0.15) is 5.89 Å². The molecule has 2 heterocycles. The predicted octanol–water partition coefficient (Wildman–Crippen LogP) is 2.94. The van der Waals surface area contributed by atoms with Gasteiger partial charge in [-0.25, -0.2) is 13.1 Å². The zero-order valence-corrected chi connectivity index (χ0v) is 14.8. The van der Waals surface area contributed by atoms with Crippen LogP contribution in [0.15, 0.2) is 45.1 Å². The summed E-state index contributed by atoms with van der Waals surface area (Å²) >= 11 is 7.42. The molecule has 1 N–H and O–H groups in total. The molecular weight excluding hydrogens is 374 g/mol. The molecule has 0 bridgehead atoms.